The molecular formula is C18H16N2O. The van der Waals surface area contributed by atoms with Gasteiger partial charge in [0.2, 0.25) is 0 Å². The van der Waals surface area contributed by atoms with E-state index in [-0.39, 0.29) is 5.78 Å². The average Bonchev–Trinajstić information content (AvgIpc) is 2.90. The first-order chi connectivity index (χ1) is 10.2. The smallest absolute Gasteiger partial charge is 0.152 e. The first kappa shape index (κ1) is 13.3. The van der Waals surface area contributed by atoms with Crippen molar-refractivity contribution in [2.45, 2.75) is 13.3 Å². The van der Waals surface area contributed by atoms with Gasteiger partial charge in [-0.3, -0.25) is 4.79 Å². The molecule has 3 aromatic rings. The van der Waals surface area contributed by atoms with E-state index < -0.39 is 0 Å². The Morgan fingerprint density at radius 1 is 1.24 bits per heavy atom. The van der Waals surface area contributed by atoms with Crippen LogP contribution in [0.2, 0.25) is 0 Å². The number of carbonyl (C=O) groups is 1. The summed E-state index contributed by atoms with van der Waals surface area (Å²) in [6.45, 7) is 1.56. The van der Waals surface area contributed by atoms with Crippen LogP contribution < -0.4 is 0 Å². The minimum Gasteiger partial charge on any atom is -0.346 e. The van der Waals surface area contributed by atoms with Gasteiger partial charge >= 0.3 is 0 Å². The molecule has 1 N–H and O–H groups in total. The van der Waals surface area contributed by atoms with Gasteiger partial charge in [0.15, 0.2) is 5.78 Å². The molecule has 1 aromatic carbocycles. The van der Waals surface area contributed by atoms with Gasteiger partial charge in [0, 0.05) is 23.3 Å². The molecule has 0 aliphatic carbocycles. The minimum atomic E-state index is 0.0675. The van der Waals surface area contributed by atoms with Crippen molar-refractivity contribution in [3.05, 3.63) is 66.5 Å². The van der Waals surface area contributed by atoms with Gasteiger partial charge in [0.25, 0.3) is 0 Å². The highest BCUT2D eigenvalue weighted by Gasteiger charge is 2.06. The molecule has 104 valence electrons. The maximum Gasteiger partial charge on any atom is 0.152 e. The Balaban J connectivity index is 1.98. The van der Waals surface area contributed by atoms with Gasteiger partial charge in [-0.1, -0.05) is 36.4 Å². The molecule has 3 rings (SSSR count). The minimum absolute atomic E-state index is 0.0675. The monoisotopic (exact) mass is 276 g/mol. The summed E-state index contributed by atoms with van der Waals surface area (Å²) in [7, 11) is 0. The van der Waals surface area contributed by atoms with Crippen molar-refractivity contribution >= 4 is 16.8 Å². The highest BCUT2D eigenvalue weighted by atomic mass is 16.1. The summed E-state index contributed by atoms with van der Waals surface area (Å²) in [5, 5.41) is 1.10. The van der Waals surface area contributed by atoms with Crippen LogP contribution in [0.4, 0.5) is 0 Å². The molecule has 0 atom stereocenters. The SMILES string of the molecule is CC(=O)/C=C/Cc1c[nH]c2ncc(-c3ccccc3)cc12. The lowest BCUT2D eigenvalue weighted by Gasteiger charge is -2.02. The Morgan fingerprint density at radius 3 is 2.81 bits per heavy atom. The van der Waals surface area contributed by atoms with Crippen LogP contribution in [0.5, 0.6) is 0 Å². The quantitative estimate of drug-likeness (QED) is 0.734. The van der Waals surface area contributed by atoms with E-state index in [0.717, 1.165) is 34.1 Å². The van der Waals surface area contributed by atoms with E-state index in [2.05, 4.69) is 28.2 Å². The van der Waals surface area contributed by atoms with Gasteiger partial charge in [0.1, 0.15) is 5.65 Å². The molecule has 0 amide bonds. The number of carbonyl (C=O) groups excluding carboxylic acids is 1. The van der Waals surface area contributed by atoms with Gasteiger partial charge in [-0.25, -0.2) is 4.98 Å². The van der Waals surface area contributed by atoms with Crippen LogP contribution >= 0.6 is 0 Å². The van der Waals surface area contributed by atoms with E-state index in [0.29, 0.717) is 0 Å². The van der Waals surface area contributed by atoms with E-state index in [9.17, 15) is 4.79 Å². The van der Waals surface area contributed by atoms with E-state index in [4.69, 9.17) is 0 Å². The lowest BCUT2D eigenvalue weighted by atomic mass is 10.0. The molecule has 0 saturated carbocycles. The van der Waals surface area contributed by atoms with E-state index >= 15 is 0 Å². The van der Waals surface area contributed by atoms with Crippen LogP contribution in [-0.2, 0) is 11.2 Å². The highest BCUT2D eigenvalue weighted by molar-refractivity contribution is 5.88. The third kappa shape index (κ3) is 2.92. The van der Waals surface area contributed by atoms with Crippen molar-refractivity contribution in [3.8, 4) is 11.1 Å². The molecule has 21 heavy (non-hydrogen) atoms. The van der Waals surface area contributed by atoms with Crippen LogP contribution in [0.1, 0.15) is 12.5 Å². The summed E-state index contributed by atoms with van der Waals surface area (Å²) >= 11 is 0. The summed E-state index contributed by atoms with van der Waals surface area (Å²) in [5.74, 6) is 0.0675. The van der Waals surface area contributed by atoms with Crippen LogP contribution in [-0.4, -0.2) is 15.8 Å². The number of benzene rings is 1. The standard InChI is InChI=1S/C18H16N2O/c1-13(21)6-5-9-15-11-19-18-17(15)10-16(12-20-18)14-7-3-2-4-8-14/h2-8,10-12H,9H2,1H3,(H,19,20)/b6-5+. The third-order valence-corrected chi connectivity index (χ3v) is 3.41. The van der Waals surface area contributed by atoms with Crippen molar-refractivity contribution < 1.29 is 4.79 Å². The molecule has 0 radical (unpaired) electrons. The Morgan fingerprint density at radius 2 is 2.05 bits per heavy atom. The summed E-state index contributed by atoms with van der Waals surface area (Å²) in [6.07, 6.45) is 8.05. The second-order valence-electron chi connectivity index (χ2n) is 5.02. The van der Waals surface area contributed by atoms with Gasteiger partial charge < -0.3 is 4.98 Å². The molecule has 3 nitrogen and oxygen atoms in total. The average molecular weight is 276 g/mol. The Bertz CT molecular complexity index is 800. The molecule has 2 heterocycles. The Labute approximate surface area is 123 Å². The number of aromatic nitrogens is 2. The predicted octanol–water partition coefficient (Wildman–Crippen LogP) is 3.92. The maximum atomic E-state index is 11.0. The lowest BCUT2D eigenvalue weighted by Crippen LogP contribution is -1.85. The predicted molar refractivity (Wildman–Crippen MR) is 85.1 cm³/mol. The van der Waals surface area contributed by atoms with Gasteiger partial charge in [-0.15, -0.1) is 0 Å². The third-order valence-electron chi connectivity index (χ3n) is 3.41. The summed E-state index contributed by atoms with van der Waals surface area (Å²) in [6, 6.07) is 12.3. The molecule has 0 aliphatic heterocycles. The number of rotatable bonds is 4. The first-order valence-corrected chi connectivity index (χ1v) is 6.92. The number of nitrogens with zero attached hydrogens (tertiary/aromatic N) is 1. The van der Waals surface area contributed by atoms with Crippen LogP contribution in [0.25, 0.3) is 22.2 Å². The summed E-state index contributed by atoms with van der Waals surface area (Å²) in [5.41, 5.74) is 4.27. The molecule has 2 aromatic heterocycles. The molecular weight excluding hydrogens is 260 g/mol. The number of H-pyrrole nitrogens is 1. The number of fused-ring (bicyclic) bond motifs is 1. The number of aromatic amines is 1. The van der Waals surface area contributed by atoms with Crippen LogP contribution in [0.3, 0.4) is 0 Å². The number of hydrogen-bond donors (Lipinski definition) is 1. The number of ketones is 1. The number of allylic oxidation sites excluding steroid dienone is 2. The summed E-state index contributed by atoms with van der Waals surface area (Å²) < 4.78 is 0. The largest absolute Gasteiger partial charge is 0.346 e. The van der Waals surface area contributed by atoms with Crippen molar-refractivity contribution in [1.82, 2.24) is 9.97 Å². The Kier molecular flexibility index (Phi) is 3.65. The second kappa shape index (κ2) is 5.75. The fourth-order valence-corrected chi connectivity index (χ4v) is 2.37. The zero-order valence-corrected chi connectivity index (χ0v) is 11.8. The number of nitrogens with one attached hydrogen (secondary N) is 1. The van der Waals surface area contributed by atoms with Gasteiger partial charge in [-0.05, 0) is 36.6 Å². The maximum absolute atomic E-state index is 11.0. The van der Waals surface area contributed by atoms with Crippen molar-refractivity contribution in [2.24, 2.45) is 0 Å². The Hall–Kier alpha value is -2.68. The fraction of sp³-hybridized carbons (Fsp3) is 0.111. The summed E-state index contributed by atoms with van der Waals surface area (Å²) in [4.78, 5) is 18.6. The lowest BCUT2D eigenvalue weighted by molar-refractivity contribution is -0.112. The van der Waals surface area contributed by atoms with Gasteiger partial charge in [-0.2, -0.15) is 0 Å². The van der Waals surface area contributed by atoms with Crippen molar-refractivity contribution in [3.63, 3.8) is 0 Å². The molecule has 0 aliphatic rings. The van der Waals surface area contributed by atoms with E-state index in [1.807, 2.05) is 36.7 Å². The number of pyridine rings is 1. The molecule has 0 saturated heterocycles. The topological polar surface area (TPSA) is 45.8 Å². The van der Waals surface area contributed by atoms with Crippen LogP contribution in [0.15, 0.2) is 60.9 Å². The molecule has 3 heteroatoms. The molecule has 0 fully saturated rings. The second-order valence-corrected chi connectivity index (χ2v) is 5.02. The zero-order chi connectivity index (χ0) is 14.7. The highest BCUT2D eigenvalue weighted by Crippen LogP contribution is 2.24. The van der Waals surface area contributed by atoms with Crippen molar-refractivity contribution in [2.75, 3.05) is 0 Å². The normalized spacial score (nSPS) is 11.3. The zero-order valence-electron chi connectivity index (χ0n) is 11.8. The molecule has 0 unspecified atom stereocenters. The van der Waals surface area contributed by atoms with Crippen molar-refractivity contribution in [1.29, 1.82) is 0 Å². The molecule has 0 bridgehead atoms. The first-order valence-electron chi connectivity index (χ1n) is 6.92. The number of hydrogen-bond acceptors (Lipinski definition) is 2. The molecule has 0 spiro atoms. The fourth-order valence-electron chi connectivity index (χ4n) is 2.37. The van der Waals surface area contributed by atoms with E-state index in [1.165, 1.54) is 0 Å². The van der Waals surface area contributed by atoms with Crippen LogP contribution in [0, 0.1) is 0 Å². The van der Waals surface area contributed by atoms with E-state index in [1.54, 1.807) is 13.0 Å². The van der Waals surface area contributed by atoms with Gasteiger partial charge in [0.05, 0.1) is 0 Å².